The standard InChI is InChI=1S/C33H37N7O2S/c1-21(41)35-33-36-28-16-15-27-29(23-6-5-17-34-20-23)37-40(30(27)31(28)43-33)26-9-7-22(8-10-26)32(42)38(2)24-11-13-25(14-12-24)39-18-3-4-19-39/h5-10,17,20,24-25H,3-4,11-16,18-19H2,1-2H3,(H,35,36,41). The number of pyridine rings is 1. The highest BCUT2D eigenvalue weighted by atomic mass is 32.1. The molecule has 43 heavy (non-hydrogen) atoms. The number of amides is 2. The summed E-state index contributed by atoms with van der Waals surface area (Å²) >= 11 is 1.48. The highest BCUT2D eigenvalue weighted by Gasteiger charge is 2.32. The van der Waals surface area contributed by atoms with Crippen LogP contribution in [-0.4, -0.2) is 73.6 Å². The largest absolute Gasteiger partial charge is 0.339 e. The molecule has 0 spiro atoms. The summed E-state index contributed by atoms with van der Waals surface area (Å²) in [5, 5.41) is 8.54. The second-order valence-corrected chi connectivity index (χ2v) is 13.0. The molecule has 0 bridgehead atoms. The van der Waals surface area contributed by atoms with Gasteiger partial charge in [-0.2, -0.15) is 5.10 Å². The van der Waals surface area contributed by atoms with Gasteiger partial charge in [0.25, 0.3) is 5.91 Å². The Kier molecular flexibility index (Phi) is 7.56. The molecule has 0 unspecified atom stereocenters. The third kappa shape index (κ3) is 5.38. The van der Waals surface area contributed by atoms with Gasteiger partial charge in [-0.25, -0.2) is 9.67 Å². The fourth-order valence-corrected chi connectivity index (χ4v) is 8.14. The molecular weight excluding hydrogens is 558 g/mol. The van der Waals surface area contributed by atoms with Crippen molar-refractivity contribution < 1.29 is 9.59 Å². The molecule has 4 aromatic rings. The molecule has 3 aliphatic rings. The third-order valence-electron chi connectivity index (χ3n) is 9.28. The molecule has 2 aliphatic carbocycles. The number of carbonyl (C=O) groups excluding carboxylic acids is 2. The topological polar surface area (TPSA) is 96.2 Å². The van der Waals surface area contributed by atoms with Crippen LogP contribution in [0.25, 0.3) is 27.5 Å². The number of nitrogens with zero attached hydrogens (tertiary/aromatic N) is 6. The molecule has 4 heterocycles. The van der Waals surface area contributed by atoms with E-state index in [1.807, 2.05) is 59.2 Å². The molecule has 1 aromatic carbocycles. The number of hydrogen-bond donors (Lipinski definition) is 1. The number of aromatic nitrogens is 4. The van der Waals surface area contributed by atoms with Crippen LogP contribution in [0.4, 0.5) is 5.13 Å². The molecule has 3 aromatic heterocycles. The van der Waals surface area contributed by atoms with Crippen LogP contribution in [0.3, 0.4) is 0 Å². The molecule has 222 valence electrons. The molecule has 9 nitrogen and oxygen atoms in total. The van der Waals surface area contributed by atoms with Crippen LogP contribution in [-0.2, 0) is 17.6 Å². The van der Waals surface area contributed by atoms with E-state index in [4.69, 9.17) is 10.1 Å². The highest BCUT2D eigenvalue weighted by molar-refractivity contribution is 7.19. The number of hydrogen-bond acceptors (Lipinski definition) is 7. The van der Waals surface area contributed by atoms with Crippen molar-refractivity contribution in [2.45, 2.75) is 70.4 Å². The Morgan fingerprint density at radius 3 is 2.49 bits per heavy atom. The van der Waals surface area contributed by atoms with Crippen molar-refractivity contribution in [1.82, 2.24) is 29.5 Å². The van der Waals surface area contributed by atoms with Gasteiger partial charge in [-0.1, -0.05) is 11.3 Å². The first-order chi connectivity index (χ1) is 21.0. The maximum Gasteiger partial charge on any atom is 0.253 e. The lowest BCUT2D eigenvalue weighted by Crippen LogP contribution is -2.44. The van der Waals surface area contributed by atoms with Gasteiger partial charge >= 0.3 is 0 Å². The van der Waals surface area contributed by atoms with Crippen LogP contribution in [0.1, 0.15) is 67.1 Å². The smallest absolute Gasteiger partial charge is 0.253 e. The van der Waals surface area contributed by atoms with Crippen molar-refractivity contribution in [3.8, 4) is 27.5 Å². The van der Waals surface area contributed by atoms with E-state index >= 15 is 0 Å². The molecule has 7 rings (SSSR count). The maximum absolute atomic E-state index is 13.6. The van der Waals surface area contributed by atoms with Crippen molar-refractivity contribution in [3.63, 3.8) is 0 Å². The second kappa shape index (κ2) is 11.7. The Balaban J connectivity index is 1.16. The van der Waals surface area contributed by atoms with E-state index < -0.39 is 0 Å². The van der Waals surface area contributed by atoms with E-state index in [0.29, 0.717) is 16.7 Å². The molecule has 0 radical (unpaired) electrons. The first-order valence-electron chi connectivity index (χ1n) is 15.4. The fraction of sp³-hybridized carbons (Fsp3) is 0.424. The van der Waals surface area contributed by atoms with Crippen molar-refractivity contribution in [1.29, 1.82) is 0 Å². The zero-order valence-corrected chi connectivity index (χ0v) is 25.6. The van der Waals surface area contributed by atoms with E-state index in [1.54, 1.807) is 6.20 Å². The number of likely N-dealkylation sites (tertiary alicyclic amines) is 1. The van der Waals surface area contributed by atoms with E-state index in [1.165, 1.54) is 57.0 Å². The van der Waals surface area contributed by atoms with E-state index in [-0.39, 0.29) is 17.9 Å². The molecule has 10 heteroatoms. The highest BCUT2D eigenvalue weighted by Crippen LogP contribution is 2.44. The summed E-state index contributed by atoms with van der Waals surface area (Å²) in [7, 11) is 1.96. The fourth-order valence-electron chi connectivity index (χ4n) is 7.03. The summed E-state index contributed by atoms with van der Waals surface area (Å²) in [4.78, 5) is 40.0. The number of aryl methyl sites for hydroxylation is 1. The quantitative estimate of drug-likeness (QED) is 0.312. The Hall–Kier alpha value is -3.89. The Labute approximate surface area is 256 Å². The predicted molar refractivity (Wildman–Crippen MR) is 169 cm³/mol. The number of anilines is 1. The number of benzene rings is 1. The first-order valence-corrected chi connectivity index (χ1v) is 16.2. The van der Waals surface area contributed by atoms with Crippen LogP contribution in [0.2, 0.25) is 0 Å². The molecule has 1 saturated heterocycles. The number of thiazole rings is 1. The van der Waals surface area contributed by atoms with E-state index in [2.05, 4.69) is 15.2 Å². The van der Waals surface area contributed by atoms with Crippen molar-refractivity contribution >= 4 is 28.3 Å². The predicted octanol–water partition coefficient (Wildman–Crippen LogP) is 5.59. The number of fused-ring (bicyclic) bond motifs is 3. The summed E-state index contributed by atoms with van der Waals surface area (Å²) < 4.78 is 1.96. The Morgan fingerprint density at radius 1 is 1.02 bits per heavy atom. The van der Waals surface area contributed by atoms with Crippen LogP contribution >= 0.6 is 11.3 Å². The summed E-state index contributed by atoms with van der Waals surface area (Å²) in [6, 6.07) is 12.7. The zero-order valence-electron chi connectivity index (χ0n) is 24.8. The lowest BCUT2D eigenvalue weighted by atomic mass is 9.89. The first kappa shape index (κ1) is 27.9. The van der Waals surface area contributed by atoms with E-state index in [0.717, 1.165) is 64.5 Å². The normalized spacial score (nSPS) is 20.0. The zero-order chi connectivity index (χ0) is 29.5. The minimum atomic E-state index is -0.138. The summed E-state index contributed by atoms with van der Waals surface area (Å²) in [6.07, 6.45) is 12.3. The number of carbonyl (C=O) groups is 2. The molecule has 1 saturated carbocycles. The van der Waals surface area contributed by atoms with Crippen LogP contribution in [0.15, 0.2) is 48.8 Å². The monoisotopic (exact) mass is 595 g/mol. The Morgan fingerprint density at radius 2 is 1.79 bits per heavy atom. The Bertz CT molecular complexity index is 1630. The van der Waals surface area contributed by atoms with Crippen LogP contribution in [0.5, 0.6) is 0 Å². The van der Waals surface area contributed by atoms with Gasteiger partial charge in [0.15, 0.2) is 5.13 Å². The van der Waals surface area contributed by atoms with Crippen molar-refractivity contribution in [3.05, 3.63) is 65.6 Å². The van der Waals surface area contributed by atoms with Gasteiger partial charge in [0.2, 0.25) is 5.91 Å². The lowest BCUT2D eigenvalue weighted by molar-refractivity contribution is -0.114. The third-order valence-corrected chi connectivity index (χ3v) is 10.3. The molecule has 2 fully saturated rings. The summed E-state index contributed by atoms with van der Waals surface area (Å²) in [5.41, 5.74) is 6.51. The average Bonchev–Trinajstić information content (AvgIpc) is 3.79. The van der Waals surface area contributed by atoms with Crippen LogP contribution < -0.4 is 5.32 Å². The number of rotatable bonds is 6. The van der Waals surface area contributed by atoms with Crippen LogP contribution in [0, 0.1) is 0 Å². The van der Waals surface area contributed by atoms with Crippen molar-refractivity contribution in [2.75, 3.05) is 25.5 Å². The maximum atomic E-state index is 13.6. The van der Waals surface area contributed by atoms with Gasteiger partial charge in [0.05, 0.1) is 27.6 Å². The number of nitrogens with one attached hydrogen (secondary N) is 1. The minimum Gasteiger partial charge on any atom is -0.339 e. The summed E-state index contributed by atoms with van der Waals surface area (Å²) in [6.45, 7) is 3.97. The molecule has 1 N–H and O–H groups in total. The van der Waals surface area contributed by atoms with Gasteiger partial charge < -0.3 is 15.1 Å². The summed E-state index contributed by atoms with van der Waals surface area (Å²) in [5.74, 6) is -0.0693. The van der Waals surface area contributed by atoms with Crippen molar-refractivity contribution in [2.24, 2.45) is 0 Å². The molecule has 1 aliphatic heterocycles. The van der Waals surface area contributed by atoms with Gasteiger partial charge in [-0.05, 0) is 101 Å². The van der Waals surface area contributed by atoms with Gasteiger partial charge in [-0.15, -0.1) is 0 Å². The SMILES string of the molecule is CC(=O)Nc1nc2c(s1)-c1c(c(-c3cccnc3)nn1-c1ccc(C(=O)N(C)C3CCC(N4CCCC4)CC3)cc1)CC2. The van der Waals surface area contributed by atoms with E-state index in [9.17, 15) is 9.59 Å². The van der Waals surface area contributed by atoms with Gasteiger partial charge in [-0.3, -0.25) is 14.6 Å². The molecule has 0 atom stereocenters. The average molecular weight is 596 g/mol. The second-order valence-electron chi connectivity index (χ2n) is 12.0. The van der Waals surface area contributed by atoms with Gasteiger partial charge in [0.1, 0.15) is 0 Å². The molecule has 2 amide bonds. The molecular formula is C33H37N7O2S. The lowest BCUT2D eigenvalue weighted by Gasteiger charge is -2.38. The minimum absolute atomic E-state index is 0.0689. The van der Waals surface area contributed by atoms with Gasteiger partial charge in [0, 0.05) is 55.1 Å².